The number of rotatable bonds is 15. The van der Waals surface area contributed by atoms with Gasteiger partial charge in [0.1, 0.15) is 12.1 Å². The van der Waals surface area contributed by atoms with Gasteiger partial charge in [0, 0.05) is 5.75 Å². The monoisotopic (exact) mass is 463 g/mol. The molecule has 0 fully saturated rings. The number of amides is 3. The third kappa shape index (κ3) is 10.3. The number of unbranched alkanes of at least 4 members (excludes halogenated alkanes) is 1. The number of carboxylic acids is 1. The highest BCUT2D eigenvalue weighted by atomic mass is 32.1. The lowest BCUT2D eigenvalue weighted by Gasteiger charge is -2.27. The van der Waals surface area contributed by atoms with Crippen LogP contribution in [0.2, 0.25) is 0 Å². The average Bonchev–Trinajstić information content (AvgIpc) is 2.72. The fourth-order valence-electron chi connectivity index (χ4n) is 2.70. The molecule has 31 heavy (non-hydrogen) atoms. The predicted molar refractivity (Wildman–Crippen MR) is 119 cm³/mol. The van der Waals surface area contributed by atoms with E-state index < -0.39 is 54.0 Å². The number of thiol groups is 1. The van der Waals surface area contributed by atoms with Gasteiger partial charge < -0.3 is 37.6 Å². The summed E-state index contributed by atoms with van der Waals surface area (Å²) in [7, 11) is 0. The SMILES string of the molecule is CCC(C)C(NC(=O)C(N)CCCCN)C(=O)NC(CS)C(=O)NC(C(=O)O)C(C)O. The van der Waals surface area contributed by atoms with Crippen molar-refractivity contribution in [2.75, 3.05) is 12.3 Å². The van der Waals surface area contributed by atoms with Crippen LogP contribution in [0.5, 0.6) is 0 Å². The molecule has 0 aromatic rings. The van der Waals surface area contributed by atoms with Crippen molar-refractivity contribution in [1.82, 2.24) is 16.0 Å². The maximum atomic E-state index is 12.8. The molecule has 0 aromatic heterocycles. The molecule has 0 rings (SSSR count). The van der Waals surface area contributed by atoms with Gasteiger partial charge in [0.25, 0.3) is 0 Å². The maximum absolute atomic E-state index is 12.8. The van der Waals surface area contributed by atoms with E-state index in [0.717, 1.165) is 6.42 Å². The van der Waals surface area contributed by atoms with Crippen molar-refractivity contribution in [3.05, 3.63) is 0 Å². The van der Waals surface area contributed by atoms with Crippen LogP contribution in [0.1, 0.15) is 46.5 Å². The third-order valence-electron chi connectivity index (χ3n) is 4.96. The highest BCUT2D eigenvalue weighted by Crippen LogP contribution is 2.10. The van der Waals surface area contributed by atoms with Gasteiger partial charge >= 0.3 is 5.97 Å². The highest BCUT2D eigenvalue weighted by Gasteiger charge is 2.32. The second-order valence-electron chi connectivity index (χ2n) is 7.57. The Balaban J connectivity index is 5.20. The van der Waals surface area contributed by atoms with Gasteiger partial charge in [-0.1, -0.05) is 26.7 Å². The van der Waals surface area contributed by atoms with Crippen molar-refractivity contribution >= 4 is 36.3 Å². The second-order valence-corrected chi connectivity index (χ2v) is 7.94. The summed E-state index contributed by atoms with van der Waals surface area (Å²) in [6.07, 6.45) is 1.07. The molecule has 6 unspecified atom stereocenters. The zero-order valence-electron chi connectivity index (χ0n) is 18.3. The minimum Gasteiger partial charge on any atom is -0.480 e. The lowest BCUT2D eigenvalue weighted by molar-refractivity contribution is -0.145. The number of aliphatic carboxylic acids is 1. The van der Waals surface area contributed by atoms with Gasteiger partial charge in [-0.2, -0.15) is 12.6 Å². The van der Waals surface area contributed by atoms with E-state index in [1.165, 1.54) is 6.92 Å². The van der Waals surface area contributed by atoms with E-state index in [1.807, 2.05) is 6.92 Å². The third-order valence-corrected chi connectivity index (χ3v) is 5.33. The standard InChI is InChI=1S/C19H37N5O6S/c1-4-10(2)14(23-16(26)12(21)7-5-6-8-20)18(28)22-13(9-31)17(27)24-15(11(3)25)19(29)30/h10-15,25,31H,4-9,20-21H2,1-3H3,(H,22,28)(H,23,26)(H,24,27)(H,29,30). The van der Waals surface area contributed by atoms with E-state index >= 15 is 0 Å². The van der Waals surface area contributed by atoms with E-state index in [2.05, 4.69) is 28.6 Å². The Bertz CT molecular complexity index is 606. The zero-order chi connectivity index (χ0) is 24.1. The predicted octanol–water partition coefficient (Wildman–Crippen LogP) is -1.66. The van der Waals surface area contributed by atoms with Crippen LogP contribution in [0.25, 0.3) is 0 Å². The molecule has 0 radical (unpaired) electrons. The first-order chi connectivity index (χ1) is 14.5. The van der Waals surface area contributed by atoms with E-state index in [0.29, 0.717) is 25.8 Å². The van der Waals surface area contributed by atoms with Gasteiger partial charge in [-0.25, -0.2) is 4.79 Å². The molecule has 0 aromatic carbocycles. The van der Waals surface area contributed by atoms with Gasteiger partial charge in [0.05, 0.1) is 12.1 Å². The van der Waals surface area contributed by atoms with Crippen molar-refractivity contribution < 1.29 is 29.4 Å². The van der Waals surface area contributed by atoms with Gasteiger partial charge in [0.2, 0.25) is 17.7 Å². The summed E-state index contributed by atoms with van der Waals surface area (Å²) >= 11 is 4.05. The number of carboxylic acid groups (broad SMARTS) is 1. The number of aliphatic hydroxyl groups is 1. The zero-order valence-corrected chi connectivity index (χ0v) is 19.2. The molecule has 0 heterocycles. The van der Waals surface area contributed by atoms with Crippen LogP contribution in [0, 0.1) is 5.92 Å². The largest absolute Gasteiger partial charge is 0.480 e. The topological polar surface area (TPSA) is 197 Å². The molecule has 9 N–H and O–H groups in total. The summed E-state index contributed by atoms with van der Waals surface area (Å²) in [5.74, 6) is -3.71. The van der Waals surface area contributed by atoms with Gasteiger partial charge in [0.15, 0.2) is 6.04 Å². The Kier molecular flexibility index (Phi) is 14.1. The Morgan fingerprint density at radius 1 is 0.968 bits per heavy atom. The molecule has 0 aliphatic carbocycles. The summed E-state index contributed by atoms with van der Waals surface area (Å²) in [4.78, 5) is 48.8. The van der Waals surface area contributed by atoms with Gasteiger partial charge in [-0.05, 0) is 32.2 Å². The van der Waals surface area contributed by atoms with Crippen LogP contribution < -0.4 is 27.4 Å². The number of aliphatic hydroxyl groups excluding tert-OH is 1. The summed E-state index contributed by atoms with van der Waals surface area (Å²) in [6.45, 7) is 5.34. The first-order valence-electron chi connectivity index (χ1n) is 10.4. The van der Waals surface area contributed by atoms with Crippen LogP contribution in [-0.2, 0) is 19.2 Å². The molecule has 0 aliphatic heterocycles. The molecule has 0 saturated carbocycles. The van der Waals surface area contributed by atoms with Gasteiger partial charge in [-0.3, -0.25) is 14.4 Å². The second kappa shape index (κ2) is 15.0. The van der Waals surface area contributed by atoms with Gasteiger partial charge in [-0.15, -0.1) is 0 Å². The molecule has 12 heteroatoms. The number of carbonyl (C=O) groups is 4. The molecule has 0 spiro atoms. The Morgan fingerprint density at radius 2 is 1.55 bits per heavy atom. The summed E-state index contributed by atoms with van der Waals surface area (Å²) in [5, 5.41) is 25.9. The minimum absolute atomic E-state index is 0.122. The number of nitrogens with one attached hydrogen (secondary N) is 3. The van der Waals surface area contributed by atoms with Crippen molar-refractivity contribution in [2.45, 2.75) is 76.7 Å². The molecule has 3 amide bonds. The molecular weight excluding hydrogens is 426 g/mol. The van der Waals surface area contributed by atoms with E-state index in [4.69, 9.17) is 16.6 Å². The number of carbonyl (C=O) groups excluding carboxylic acids is 3. The normalized spacial score (nSPS) is 16.9. The Labute approximate surface area is 188 Å². The number of hydrogen-bond acceptors (Lipinski definition) is 8. The summed E-state index contributed by atoms with van der Waals surface area (Å²) in [5.41, 5.74) is 11.3. The average molecular weight is 464 g/mol. The maximum Gasteiger partial charge on any atom is 0.328 e. The van der Waals surface area contributed by atoms with Crippen LogP contribution in [0.15, 0.2) is 0 Å². The lowest BCUT2D eigenvalue weighted by atomic mass is 9.97. The molecular formula is C19H37N5O6S. The van der Waals surface area contributed by atoms with Crippen LogP contribution in [-0.4, -0.2) is 76.5 Å². The van der Waals surface area contributed by atoms with E-state index in [1.54, 1.807) is 6.92 Å². The smallest absolute Gasteiger partial charge is 0.328 e. The molecule has 0 saturated heterocycles. The molecule has 0 bridgehead atoms. The molecule has 11 nitrogen and oxygen atoms in total. The van der Waals surface area contributed by atoms with E-state index in [9.17, 15) is 24.3 Å². The van der Waals surface area contributed by atoms with Crippen LogP contribution in [0.3, 0.4) is 0 Å². The first kappa shape index (κ1) is 29.1. The fraction of sp³-hybridized carbons (Fsp3) is 0.789. The number of nitrogens with two attached hydrogens (primary N) is 2. The van der Waals surface area contributed by atoms with Crippen LogP contribution in [0.4, 0.5) is 0 Å². The first-order valence-corrected chi connectivity index (χ1v) is 11.0. The fourth-order valence-corrected chi connectivity index (χ4v) is 2.96. The minimum atomic E-state index is -1.54. The highest BCUT2D eigenvalue weighted by molar-refractivity contribution is 7.80. The van der Waals surface area contributed by atoms with Crippen molar-refractivity contribution in [2.24, 2.45) is 17.4 Å². The number of hydrogen-bond donors (Lipinski definition) is 8. The molecule has 0 aliphatic rings. The Hall–Kier alpha value is -1.89. The quantitative estimate of drug-likeness (QED) is 0.104. The van der Waals surface area contributed by atoms with E-state index in [-0.39, 0.29) is 11.7 Å². The molecule has 6 atom stereocenters. The summed E-state index contributed by atoms with van der Waals surface area (Å²) in [6, 6.07) is -4.45. The van der Waals surface area contributed by atoms with Crippen molar-refractivity contribution in [1.29, 1.82) is 0 Å². The summed E-state index contributed by atoms with van der Waals surface area (Å²) < 4.78 is 0. The van der Waals surface area contributed by atoms with Crippen molar-refractivity contribution in [3.63, 3.8) is 0 Å². The molecule has 180 valence electrons. The Morgan fingerprint density at radius 3 is 2.00 bits per heavy atom. The van der Waals surface area contributed by atoms with Crippen molar-refractivity contribution in [3.8, 4) is 0 Å². The van der Waals surface area contributed by atoms with Crippen LogP contribution >= 0.6 is 12.6 Å². The lowest BCUT2D eigenvalue weighted by Crippen LogP contribution is -2.60.